The molecule has 0 N–H and O–H groups in total. The predicted molar refractivity (Wildman–Crippen MR) is 124 cm³/mol. The van der Waals surface area contributed by atoms with Crippen molar-refractivity contribution in [2.45, 2.75) is 28.9 Å². The van der Waals surface area contributed by atoms with E-state index in [0.717, 1.165) is 10.0 Å². The number of aromatic carboxylic acids is 1. The number of rotatable bonds is 8. The second-order valence-corrected chi connectivity index (χ2v) is 10.9. The van der Waals surface area contributed by atoms with Gasteiger partial charge in [-0.15, -0.1) is 0 Å². The maximum Gasteiger partial charge on any atom is 1.00 e. The van der Waals surface area contributed by atoms with Gasteiger partial charge in [-0.1, -0.05) is 24.3 Å². The number of carboxylic acid groups (broad SMARTS) is 1. The van der Waals surface area contributed by atoms with Gasteiger partial charge >= 0.3 is 40.9 Å². The molecule has 4 rings (SSSR count). The Labute approximate surface area is 240 Å². The molecule has 0 aliphatic rings. The van der Waals surface area contributed by atoms with Gasteiger partial charge in [-0.05, 0) is 42.8 Å². The second-order valence-electron chi connectivity index (χ2n) is 7.74. The van der Waals surface area contributed by atoms with Crippen LogP contribution in [-0.4, -0.2) is 45.7 Å². The van der Waals surface area contributed by atoms with Crippen molar-refractivity contribution in [3.63, 3.8) is 0 Å². The largest absolute Gasteiger partial charge is 1.00 e. The zero-order valence-electron chi connectivity index (χ0n) is 19.9. The Morgan fingerprint density at radius 2 is 1.84 bits per heavy atom. The van der Waals surface area contributed by atoms with Gasteiger partial charge in [0.2, 0.25) is 0 Å². The van der Waals surface area contributed by atoms with E-state index in [1.54, 1.807) is 12.1 Å². The minimum atomic E-state index is -4.56. The molecule has 2 aromatic heterocycles. The summed E-state index contributed by atoms with van der Waals surface area (Å²) < 4.78 is 83.9. The van der Waals surface area contributed by atoms with E-state index in [4.69, 9.17) is 4.74 Å². The predicted octanol–water partition coefficient (Wildman–Crippen LogP) is -0.407. The first-order chi connectivity index (χ1) is 17.4. The average Bonchev–Trinajstić information content (AvgIpc) is 3.25. The number of pyridine rings is 1. The van der Waals surface area contributed by atoms with Crippen LogP contribution in [0.15, 0.2) is 70.8 Å². The van der Waals surface area contributed by atoms with Gasteiger partial charge in [0.1, 0.15) is 5.75 Å². The number of para-hydroxylation sites is 2. The minimum Gasteiger partial charge on any atom is -0.609 e. The molecular formula is C23H17F3N3NaO6S2. The number of carboxylic acids is 1. The van der Waals surface area contributed by atoms with Crippen LogP contribution in [0.5, 0.6) is 5.75 Å². The number of carbonyl (C=O) groups is 1. The maximum atomic E-state index is 13.6. The van der Waals surface area contributed by atoms with Crippen LogP contribution in [0.4, 0.5) is 13.2 Å². The molecule has 0 saturated carbocycles. The number of fused-ring (bicyclic) bond motifs is 1. The summed E-state index contributed by atoms with van der Waals surface area (Å²) in [5.74, 6) is -2.07. The van der Waals surface area contributed by atoms with Crippen LogP contribution >= 0.6 is 0 Å². The zero-order valence-corrected chi connectivity index (χ0v) is 23.6. The molecule has 0 aliphatic carbocycles. The van der Waals surface area contributed by atoms with Crippen LogP contribution in [0.2, 0.25) is 0 Å². The van der Waals surface area contributed by atoms with Crippen molar-refractivity contribution in [1.82, 2.24) is 13.9 Å². The van der Waals surface area contributed by atoms with Crippen molar-refractivity contribution >= 4 is 38.2 Å². The first kappa shape index (κ1) is 29.9. The van der Waals surface area contributed by atoms with Gasteiger partial charge in [-0.3, -0.25) is 4.98 Å². The number of imidazole rings is 1. The summed E-state index contributed by atoms with van der Waals surface area (Å²) in [6.45, 7) is -0.0876. The molecule has 38 heavy (non-hydrogen) atoms. The molecule has 9 nitrogen and oxygen atoms in total. The Bertz CT molecular complexity index is 1600. The van der Waals surface area contributed by atoms with E-state index in [9.17, 15) is 36.0 Å². The van der Waals surface area contributed by atoms with Crippen LogP contribution in [-0.2, 0) is 27.0 Å². The number of hydrogen-bond acceptors (Lipinski definition) is 8. The Balaban J connectivity index is 0.00000400. The van der Waals surface area contributed by atoms with Crippen molar-refractivity contribution in [2.75, 3.05) is 6.61 Å². The monoisotopic (exact) mass is 575 g/mol. The molecule has 0 saturated heterocycles. The Morgan fingerprint density at radius 3 is 2.53 bits per heavy atom. The first-order valence-corrected chi connectivity index (χ1v) is 13.2. The summed E-state index contributed by atoms with van der Waals surface area (Å²) in [5.41, 5.74) is 0.248. The van der Waals surface area contributed by atoms with Crippen molar-refractivity contribution in [3.05, 3.63) is 77.6 Å². The number of hydrogen-bond donors (Lipinski definition) is 0. The zero-order chi connectivity index (χ0) is 27.0. The van der Waals surface area contributed by atoms with Crippen LogP contribution in [0, 0.1) is 6.92 Å². The molecule has 2 heterocycles. The molecule has 0 aliphatic heterocycles. The summed E-state index contributed by atoms with van der Waals surface area (Å²) in [6.07, 6.45) is -3.37. The third kappa shape index (κ3) is 6.33. The van der Waals surface area contributed by atoms with E-state index in [0.29, 0.717) is 0 Å². The average molecular weight is 576 g/mol. The van der Waals surface area contributed by atoms with Crippen LogP contribution in [0.25, 0.3) is 11.0 Å². The number of alkyl halides is 3. The summed E-state index contributed by atoms with van der Waals surface area (Å²) in [7, 11) is -4.49. The van der Waals surface area contributed by atoms with Crippen molar-refractivity contribution < 1.29 is 70.3 Å². The number of benzene rings is 2. The Morgan fingerprint density at radius 1 is 1.13 bits per heavy atom. The molecule has 15 heteroatoms. The number of nitrogens with zero attached hydrogens (tertiary/aromatic N) is 3. The normalized spacial score (nSPS) is 12.7. The van der Waals surface area contributed by atoms with Gasteiger partial charge in [-0.25, -0.2) is 8.42 Å². The molecule has 0 amide bonds. The van der Waals surface area contributed by atoms with Crippen molar-refractivity contribution in [2.24, 2.45) is 0 Å². The molecule has 0 spiro atoms. The summed E-state index contributed by atoms with van der Waals surface area (Å²) >= 11 is -2.15. The number of aromatic nitrogens is 3. The SMILES string of the molecule is Cc1c(OCC(F)(F)F)ccnc1C[S+]([O-])c1nc2ccccc2n1S(=O)(=O)c1cccc(C(=O)[O-])c1.[Na+]. The molecule has 1 unspecified atom stereocenters. The molecule has 194 valence electrons. The molecule has 0 fully saturated rings. The summed E-state index contributed by atoms with van der Waals surface area (Å²) in [5, 5.41) is 10.9. The quantitative estimate of drug-likeness (QED) is 0.204. The van der Waals surface area contributed by atoms with Crippen LogP contribution < -0.4 is 39.4 Å². The fourth-order valence-corrected chi connectivity index (χ4v) is 6.55. The number of halogens is 3. The minimum absolute atomic E-state index is 0. The standard InChI is InChI=1S/C23H18F3N3O6S2.Na/c1-14-18(27-10-9-20(14)35-13-23(24,25)26)12-36(32)22-28-17-7-2-3-8-19(17)29(22)37(33,34)16-6-4-5-15(11-16)21(30)31;/h2-11H,12-13H2,1H3,(H,30,31);/q;+1/p-1. The molecule has 4 aromatic rings. The molecule has 0 radical (unpaired) electrons. The van der Waals surface area contributed by atoms with Crippen molar-refractivity contribution in [3.8, 4) is 5.75 Å². The van der Waals surface area contributed by atoms with Gasteiger partial charge in [0.15, 0.2) is 12.4 Å². The van der Waals surface area contributed by atoms with Crippen LogP contribution in [0.1, 0.15) is 21.6 Å². The van der Waals surface area contributed by atoms with E-state index in [2.05, 4.69) is 9.97 Å². The topological polar surface area (TPSA) is 137 Å². The fourth-order valence-electron chi connectivity index (χ4n) is 3.46. The Hall–Kier alpha value is -2.62. The van der Waals surface area contributed by atoms with Crippen LogP contribution in [0.3, 0.4) is 0 Å². The van der Waals surface area contributed by atoms with E-state index >= 15 is 0 Å². The van der Waals surface area contributed by atoms with Gasteiger partial charge in [-0.2, -0.15) is 22.1 Å². The summed E-state index contributed by atoms with van der Waals surface area (Å²) in [4.78, 5) is 19.2. The summed E-state index contributed by atoms with van der Waals surface area (Å²) in [6, 6.07) is 11.8. The molecule has 1 atom stereocenters. The molecule has 0 bridgehead atoms. The number of ether oxygens (including phenoxy) is 1. The van der Waals surface area contributed by atoms with E-state index in [-0.39, 0.29) is 74.1 Å². The van der Waals surface area contributed by atoms with Gasteiger partial charge in [0, 0.05) is 22.9 Å². The number of carbonyl (C=O) groups excluding carboxylic acids is 1. The van der Waals surface area contributed by atoms with Gasteiger partial charge < -0.3 is 19.2 Å². The smallest absolute Gasteiger partial charge is 0.609 e. The van der Waals surface area contributed by atoms with Gasteiger partial charge in [0.05, 0.1) is 27.6 Å². The van der Waals surface area contributed by atoms with E-state index < -0.39 is 44.8 Å². The van der Waals surface area contributed by atoms with Crippen molar-refractivity contribution in [1.29, 1.82) is 0 Å². The molecule has 2 aromatic carbocycles. The van der Waals surface area contributed by atoms with E-state index in [1.807, 2.05) is 0 Å². The third-order valence-electron chi connectivity index (χ3n) is 5.22. The fraction of sp³-hybridized carbons (Fsp3) is 0.174. The first-order valence-electron chi connectivity index (χ1n) is 10.5. The van der Waals surface area contributed by atoms with E-state index in [1.165, 1.54) is 49.5 Å². The molecular weight excluding hydrogens is 558 g/mol. The Kier molecular flexibility index (Phi) is 9.16. The van der Waals surface area contributed by atoms with Gasteiger partial charge in [0.25, 0.3) is 10.0 Å². The second kappa shape index (κ2) is 11.6. The third-order valence-corrected chi connectivity index (χ3v) is 8.25. The maximum absolute atomic E-state index is 13.6.